The zero-order valence-electron chi connectivity index (χ0n) is 13.2. The van der Waals surface area contributed by atoms with Crippen LogP contribution in [-0.4, -0.2) is 29.4 Å². The van der Waals surface area contributed by atoms with Crippen LogP contribution in [0, 0.1) is 12.8 Å². The molecule has 0 radical (unpaired) electrons. The highest BCUT2D eigenvalue weighted by Gasteiger charge is 2.22. The highest BCUT2D eigenvalue weighted by molar-refractivity contribution is 5.78. The van der Waals surface area contributed by atoms with E-state index in [9.17, 15) is 4.79 Å². The summed E-state index contributed by atoms with van der Waals surface area (Å²) in [6.45, 7) is 2.73. The average Bonchev–Trinajstić information content (AvgIpc) is 2.85. The minimum atomic E-state index is 0.114. The summed E-state index contributed by atoms with van der Waals surface area (Å²) in [5.41, 5.74) is 1.68. The van der Waals surface area contributed by atoms with Crippen molar-refractivity contribution in [3.8, 4) is 11.5 Å². The smallest absolute Gasteiger partial charge is 0.228 e. The number of oxazole rings is 1. The molecular weight excluding hydrogens is 276 g/mol. The Morgan fingerprint density at radius 2 is 2.05 bits per heavy atom. The van der Waals surface area contributed by atoms with Gasteiger partial charge in [-0.25, -0.2) is 4.98 Å². The summed E-state index contributed by atoms with van der Waals surface area (Å²) in [4.78, 5) is 18.7. The fourth-order valence-corrected chi connectivity index (χ4v) is 2.74. The molecule has 1 aliphatic rings. The van der Waals surface area contributed by atoms with E-state index < -0.39 is 0 Å². The Morgan fingerprint density at radius 1 is 1.32 bits per heavy atom. The first-order valence-corrected chi connectivity index (χ1v) is 7.89. The van der Waals surface area contributed by atoms with Crippen molar-refractivity contribution in [1.29, 1.82) is 0 Å². The van der Waals surface area contributed by atoms with E-state index in [0.717, 1.165) is 23.6 Å². The molecule has 116 valence electrons. The topological polar surface area (TPSA) is 46.3 Å². The summed E-state index contributed by atoms with van der Waals surface area (Å²) >= 11 is 0. The lowest BCUT2D eigenvalue weighted by atomic mass is 9.85. The number of aryl methyl sites for hydroxylation is 1. The van der Waals surface area contributed by atoms with Crippen molar-refractivity contribution >= 4 is 5.91 Å². The number of benzene rings is 1. The van der Waals surface area contributed by atoms with Gasteiger partial charge in [-0.3, -0.25) is 4.79 Å². The SMILES string of the molecule is Cc1oc(-c2ccccc2)nc1CC(=O)N(C)CC1CCC1. The van der Waals surface area contributed by atoms with E-state index in [2.05, 4.69) is 4.98 Å². The van der Waals surface area contributed by atoms with E-state index in [1.165, 1.54) is 19.3 Å². The van der Waals surface area contributed by atoms with Gasteiger partial charge in [-0.05, 0) is 37.8 Å². The lowest BCUT2D eigenvalue weighted by Gasteiger charge is -2.30. The molecule has 1 aromatic heterocycles. The van der Waals surface area contributed by atoms with Gasteiger partial charge in [0.2, 0.25) is 11.8 Å². The molecule has 0 bridgehead atoms. The maximum atomic E-state index is 12.3. The van der Waals surface area contributed by atoms with Crippen molar-refractivity contribution in [3.63, 3.8) is 0 Å². The maximum Gasteiger partial charge on any atom is 0.228 e. The molecule has 1 amide bonds. The van der Waals surface area contributed by atoms with Gasteiger partial charge in [0, 0.05) is 19.2 Å². The lowest BCUT2D eigenvalue weighted by molar-refractivity contribution is -0.130. The van der Waals surface area contributed by atoms with Crippen LogP contribution in [-0.2, 0) is 11.2 Å². The highest BCUT2D eigenvalue weighted by atomic mass is 16.4. The van der Waals surface area contributed by atoms with Crippen LogP contribution in [0.25, 0.3) is 11.5 Å². The summed E-state index contributed by atoms with van der Waals surface area (Å²) in [6.07, 6.45) is 4.11. The number of amides is 1. The number of likely N-dealkylation sites (N-methyl/N-ethyl adjacent to an activating group) is 1. The highest BCUT2D eigenvalue weighted by Crippen LogP contribution is 2.27. The summed E-state index contributed by atoms with van der Waals surface area (Å²) in [5.74, 6) is 2.11. The average molecular weight is 298 g/mol. The van der Waals surface area contributed by atoms with Crippen molar-refractivity contribution < 1.29 is 9.21 Å². The summed E-state index contributed by atoms with van der Waals surface area (Å²) < 4.78 is 5.71. The van der Waals surface area contributed by atoms with E-state index in [4.69, 9.17) is 4.42 Å². The minimum absolute atomic E-state index is 0.114. The molecule has 22 heavy (non-hydrogen) atoms. The first-order chi connectivity index (χ1) is 10.6. The Kier molecular flexibility index (Phi) is 4.27. The number of carbonyl (C=O) groups is 1. The number of carbonyl (C=O) groups excluding carboxylic acids is 1. The lowest BCUT2D eigenvalue weighted by Crippen LogP contribution is -2.35. The second kappa shape index (κ2) is 6.34. The molecule has 0 aliphatic heterocycles. The predicted molar refractivity (Wildman–Crippen MR) is 85.4 cm³/mol. The second-order valence-electron chi connectivity index (χ2n) is 6.14. The summed E-state index contributed by atoms with van der Waals surface area (Å²) in [5, 5.41) is 0. The molecular formula is C18H22N2O2. The third-order valence-corrected chi connectivity index (χ3v) is 4.41. The molecule has 1 aromatic carbocycles. The van der Waals surface area contributed by atoms with Gasteiger partial charge >= 0.3 is 0 Å². The number of aromatic nitrogens is 1. The molecule has 0 saturated heterocycles. The maximum absolute atomic E-state index is 12.3. The molecule has 4 nitrogen and oxygen atoms in total. The van der Waals surface area contributed by atoms with Gasteiger partial charge in [0.1, 0.15) is 5.76 Å². The molecule has 4 heteroatoms. The Morgan fingerprint density at radius 3 is 2.68 bits per heavy atom. The Hall–Kier alpha value is -2.10. The van der Waals surface area contributed by atoms with Gasteiger partial charge in [0.05, 0.1) is 12.1 Å². The molecule has 0 N–H and O–H groups in total. The third-order valence-electron chi connectivity index (χ3n) is 4.41. The molecule has 1 saturated carbocycles. The van der Waals surface area contributed by atoms with Gasteiger partial charge in [-0.1, -0.05) is 24.6 Å². The Labute approximate surface area is 131 Å². The van der Waals surface area contributed by atoms with Gasteiger partial charge in [-0.2, -0.15) is 0 Å². The van der Waals surface area contributed by atoms with E-state index >= 15 is 0 Å². The van der Waals surface area contributed by atoms with Crippen LogP contribution in [0.1, 0.15) is 30.7 Å². The largest absolute Gasteiger partial charge is 0.441 e. The van der Waals surface area contributed by atoms with Crippen molar-refractivity contribution in [3.05, 3.63) is 41.8 Å². The quantitative estimate of drug-likeness (QED) is 0.849. The first-order valence-electron chi connectivity index (χ1n) is 7.89. The standard InChI is InChI=1S/C18H22N2O2/c1-13-16(11-17(21)20(2)12-14-7-6-8-14)19-18(22-13)15-9-4-3-5-10-15/h3-5,9-10,14H,6-8,11-12H2,1-2H3. The molecule has 0 atom stereocenters. The molecule has 1 heterocycles. The fraction of sp³-hybridized carbons (Fsp3) is 0.444. The van der Waals surface area contributed by atoms with E-state index in [1.54, 1.807) is 0 Å². The molecule has 0 unspecified atom stereocenters. The molecule has 1 aliphatic carbocycles. The van der Waals surface area contributed by atoms with Gasteiger partial charge < -0.3 is 9.32 Å². The van der Waals surface area contributed by atoms with Crippen LogP contribution in [0.15, 0.2) is 34.7 Å². The summed E-state index contributed by atoms with van der Waals surface area (Å²) in [7, 11) is 1.88. The van der Waals surface area contributed by atoms with Gasteiger partial charge in [0.15, 0.2) is 0 Å². The number of hydrogen-bond donors (Lipinski definition) is 0. The zero-order valence-corrected chi connectivity index (χ0v) is 13.2. The van der Waals surface area contributed by atoms with Crippen LogP contribution in [0.3, 0.4) is 0 Å². The van der Waals surface area contributed by atoms with Crippen LogP contribution >= 0.6 is 0 Å². The van der Waals surface area contributed by atoms with Crippen LogP contribution in [0.4, 0.5) is 0 Å². The normalized spacial score (nSPS) is 14.6. The number of rotatable bonds is 5. The van der Waals surface area contributed by atoms with E-state index in [-0.39, 0.29) is 5.91 Å². The fourth-order valence-electron chi connectivity index (χ4n) is 2.74. The van der Waals surface area contributed by atoms with E-state index in [0.29, 0.717) is 18.2 Å². The Balaban J connectivity index is 1.67. The van der Waals surface area contributed by atoms with Crippen molar-refractivity contribution in [2.75, 3.05) is 13.6 Å². The van der Waals surface area contributed by atoms with Crippen LogP contribution < -0.4 is 0 Å². The van der Waals surface area contributed by atoms with Crippen molar-refractivity contribution in [1.82, 2.24) is 9.88 Å². The number of hydrogen-bond acceptors (Lipinski definition) is 3. The van der Waals surface area contributed by atoms with Crippen LogP contribution in [0.2, 0.25) is 0 Å². The van der Waals surface area contributed by atoms with Crippen LogP contribution in [0.5, 0.6) is 0 Å². The molecule has 2 aromatic rings. The van der Waals surface area contributed by atoms with Gasteiger partial charge in [-0.15, -0.1) is 0 Å². The third kappa shape index (κ3) is 3.21. The number of nitrogens with zero attached hydrogens (tertiary/aromatic N) is 2. The van der Waals surface area contributed by atoms with Crippen molar-refractivity contribution in [2.45, 2.75) is 32.6 Å². The Bertz CT molecular complexity index is 644. The second-order valence-corrected chi connectivity index (χ2v) is 6.14. The summed E-state index contributed by atoms with van der Waals surface area (Å²) in [6, 6.07) is 9.77. The molecule has 1 fully saturated rings. The molecule has 0 spiro atoms. The predicted octanol–water partition coefficient (Wildman–Crippen LogP) is 3.45. The van der Waals surface area contributed by atoms with E-state index in [1.807, 2.05) is 49.2 Å². The minimum Gasteiger partial charge on any atom is -0.441 e. The molecule has 3 rings (SSSR count). The zero-order chi connectivity index (χ0) is 15.5. The first kappa shape index (κ1) is 14.8. The monoisotopic (exact) mass is 298 g/mol. The van der Waals surface area contributed by atoms with Crippen molar-refractivity contribution in [2.24, 2.45) is 5.92 Å². The van der Waals surface area contributed by atoms with Gasteiger partial charge in [0.25, 0.3) is 0 Å².